The fourth-order valence-corrected chi connectivity index (χ4v) is 2.24. The molecule has 0 spiro atoms. The van der Waals surface area contributed by atoms with Gasteiger partial charge in [0.15, 0.2) is 0 Å². The van der Waals surface area contributed by atoms with E-state index in [2.05, 4.69) is 0 Å². The van der Waals surface area contributed by atoms with Crippen LogP contribution in [0.1, 0.15) is 13.3 Å². The highest BCUT2D eigenvalue weighted by molar-refractivity contribution is 6.04. The summed E-state index contributed by atoms with van der Waals surface area (Å²) in [5, 5.41) is 10.2. The van der Waals surface area contributed by atoms with Gasteiger partial charge >= 0.3 is 0 Å². The Balaban J connectivity index is 2.01. The molecule has 0 bridgehead atoms. The highest BCUT2D eigenvalue weighted by Gasteiger charge is 2.20. The molecule has 1 amide bonds. The number of hydrogen-bond donors (Lipinski definition) is 1. The number of ether oxygens (including phenoxy) is 1. The second-order valence-corrected chi connectivity index (χ2v) is 5.50. The van der Waals surface area contributed by atoms with Gasteiger partial charge in [0.1, 0.15) is 24.2 Å². The van der Waals surface area contributed by atoms with E-state index in [1.807, 2.05) is 24.3 Å². The quantitative estimate of drug-likeness (QED) is 0.756. The maximum atomic E-state index is 12.3. The number of anilines is 1. The van der Waals surface area contributed by atoms with E-state index in [9.17, 15) is 14.7 Å². The van der Waals surface area contributed by atoms with Gasteiger partial charge in [-0.05, 0) is 31.2 Å². The number of para-hydroxylation sites is 2. The lowest BCUT2D eigenvalue weighted by Crippen LogP contribution is -2.40. The number of benzene rings is 2. The number of rotatable bonds is 8. The monoisotopic (exact) mass is 327 g/mol. The van der Waals surface area contributed by atoms with E-state index in [1.165, 1.54) is 11.8 Å². The van der Waals surface area contributed by atoms with Crippen LogP contribution in [0.3, 0.4) is 0 Å². The Morgan fingerprint density at radius 2 is 1.62 bits per heavy atom. The van der Waals surface area contributed by atoms with Crippen molar-refractivity contribution in [3.63, 3.8) is 0 Å². The van der Waals surface area contributed by atoms with Crippen LogP contribution in [-0.4, -0.2) is 36.1 Å². The summed E-state index contributed by atoms with van der Waals surface area (Å²) in [7, 11) is 0. The van der Waals surface area contributed by atoms with Crippen molar-refractivity contribution in [3.8, 4) is 5.75 Å². The van der Waals surface area contributed by atoms with Crippen LogP contribution in [-0.2, 0) is 9.59 Å². The summed E-state index contributed by atoms with van der Waals surface area (Å²) >= 11 is 0. The molecule has 1 unspecified atom stereocenters. The third-order valence-electron chi connectivity index (χ3n) is 3.35. The Kier molecular flexibility index (Phi) is 6.51. The third kappa shape index (κ3) is 5.52. The van der Waals surface area contributed by atoms with E-state index in [-0.39, 0.29) is 31.3 Å². The van der Waals surface area contributed by atoms with E-state index >= 15 is 0 Å². The van der Waals surface area contributed by atoms with Gasteiger partial charge in [0.25, 0.3) is 0 Å². The van der Waals surface area contributed by atoms with Gasteiger partial charge in [-0.25, -0.2) is 0 Å². The number of carbonyl (C=O) groups excluding carboxylic acids is 2. The van der Waals surface area contributed by atoms with Gasteiger partial charge in [0.05, 0.1) is 13.0 Å². The lowest BCUT2D eigenvalue weighted by atomic mass is 10.2. The van der Waals surface area contributed by atoms with Crippen LogP contribution >= 0.6 is 0 Å². The second kappa shape index (κ2) is 8.84. The zero-order valence-electron chi connectivity index (χ0n) is 13.6. The minimum absolute atomic E-state index is 0.0562. The van der Waals surface area contributed by atoms with Gasteiger partial charge in [-0.3, -0.25) is 9.59 Å². The molecule has 0 fully saturated rings. The number of aliphatic hydroxyl groups excluding tert-OH is 1. The van der Waals surface area contributed by atoms with Gasteiger partial charge in [-0.1, -0.05) is 36.4 Å². The number of ketones is 1. The summed E-state index contributed by atoms with van der Waals surface area (Å²) < 4.78 is 5.51. The van der Waals surface area contributed by atoms with E-state index in [1.54, 1.807) is 36.4 Å². The average molecular weight is 327 g/mol. The van der Waals surface area contributed by atoms with Crippen LogP contribution < -0.4 is 9.64 Å². The molecule has 1 N–H and O–H groups in total. The van der Waals surface area contributed by atoms with Crippen LogP contribution in [0.25, 0.3) is 0 Å². The van der Waals surface area contributed by atoms with Crippen LogP contribution in [0.15, 0.2) is 60.7 Å². The highest BCUT2D eigenvalue weighted by Crippen LogP contribution is 2.16. The van der Waals surface area contributed by atoms with Gasteiger partial charge in [-0.2, -0.15) is 0 Å². The summed E-state index contributed by atoms with van der Waals surface area (Å²) in [6.45, 7) is 1.49. The zero-order valence-corrected chi connectivity index (χ0v) is 13.6. The van der Waals surface area contributed by atoms with E-state index in [0.717, 1.165) is 0 Å². The summed E-state index contributed by atoms with van der Waals surface area (Å²) in [6, 6.07) is 18.1. The van der Waals surface area contributed by atoms with Gasteiger partial charge in [0.2, 0.25) is 5.91 Å². The first-order chi connectivity index (χ1) is 11.6. The minimum atomic E-state index is -0.874. The van der Waals surface area contributed by atoms with Gasteiger partial charge in [0, 0.05) is 5.69 Å². The van der Waals surface area contributed by atoms with Crippen LogP contribution in [0.5, 0.6) is 5.75 Å². The Hall–Kier alpha value is -2.66. The molecule has 0 aliphatic carbocycles. The smallest absolute Gasteiger partial charge is 0.234 e. The molecule has 0 aliphatic heterocycles. The predicted octanol–water partition coefficient (Wildman–Crippen LogP) is 2.44. The van der Waals surface area contributed by atoms with Crippen molar-refractivity contribution in [2.45, 2.75) is 19.4 Å². The molecule has 1 atom stereocenters. The fraction of sp³-hybridized carbons (Fsp3) is 0.263. The van der Waals surface area contributed by atoms with Crippen molar-refractivity contribution in [3.05, 3.63) is 60.7 Å². The number of nitrogens with zero attached hydrogens (tertiary/aromatic N) is 1. The standard InChI is InChI=1S/C19H21NO4/c1-15(21)12-19(23)20(16-8-4-2-5-9-16)13-17(22)14-24-18-10-6-3-7-11-18/h2-11,17,22H,12-14H2,1H3. The molecule has 5 heteroatoms. The van der Waals surface area contributed by atoms with Crippen LogP contribution in [0.2, 0.25) is 0 Å². The molecule has 0 aliphatic rings. The highest BCUT2D eigenvalue weighted by atomic mass is 16.5. The maximum Gasteiger partial charge on any atom is 0.234 e. The molecule has 5 nitrogen and oxygen atoms in total. The second-order valence-electron chi connectivity index (χ2n) is 5.50. The molecule has 126 valence electrons. The summed E-state index contributed by atoms with van der Waals surface area (Å²) in [6.07, 6.45) is -1.07. The molecule has 0 saturated heterocycles. The number of Topliss-reactive ketones (excluding diaryl/α,β-unsaturated/α-hetero) is 1. The largest absolute Gasteiger partial charge is 0.491 e. The Bertz CT molecular complexity index is 658. The number of carbonyl (C=O) groups is 2. The lowest BCUT2D eigenvalue weighted by Gasteiger charge is -2.25. The molecular weight excluding hydrogens is 306 g/mol. The van der Waals surface area contributed by atoms with E-state index < -0.39 is 6.10 Å². The average Bonchev–Trinajstić information content (AvgIpc) is 2.59. The topological polar surface area (TPSA) is 66.8 Å². The molecule has 2 aromatic rings. The first kappa shape index (κ1) is 17.7. The van der Waals surface area contributed by atoms with Crippen molar-refractivity contribution in [1.29, 1.82) is 0 Å². The Morgan fingerprint density at radius 1 is 1.04 bits per heavy atom. The van der Waals surface area contributed by atoms with Crippen molar-refractivity contribution in [2.24, 2.45) is 0 Å². The van der Waals surface area contributed by atoms with Crippen molar-refractivity contribution in [1.82, 2.24) is 0 Å². The Morgan fingerprint density at radius 3 is 2.21 bits per heavy atom. The molecule has 0 saturated carbocycles. The first-order valence-electron chi connectivity index (χ1n) is 7.77. The molecule has 0 heterocycles. The van der Waals surface area contributed by atoms with Crippen LogP contribution in [0.4, 0.5) is 5.69 Å². The van der Waals surface area contributed by atoms with Crippen LogP contribution in [0, 0.1) is 0 Å². The maximum absolute atomic E-state index is 12.3. The molecule has 0 aromatic heterocycles. The summed E-state index contributed by atoms with van der Waals surface area (Å²) in [5.74, 6) is 0.0984. The van der Waals surface area contributed by atoms with E-state index in [4.69, 9.17) is 4.74 Å². The summed E-state index contributed by atoms with van der Waals surface area (Å²) in [4.78, 5) is 25.0. The van der Waals surface area contributed by atoms with Crippen molar-refractivity contribution in [2.75, 3.05) is 18.1 Å². The van der Waals surface area contributed by atoms with Crippen molar-refractivity contribution < 1.29 is 19.4 Å². The van der Waals surface area contributed by atoms with Gasteiger partial charge < -0.3 is 14.7 Å². The number of amides is 1. The lowest BCUT2D eigenvalue weighted by molar-refractivity contribution is -0.125. The normalized spacial score (nSPS) is 11.6. The zero-order chi connectivity index (χ0) is 17.4. The first-order valence-corrected chi connectivity index (χ1v) is 7.77. The molecular formula is C19H21NO4. The minimum Gasteiger partial charge on any atom is -0.491 e. The molecule has 2 aromatic carbocycles. The summed E-state index contributed by atoms with van der Waals surface area (Å²) in [5.41, 5.74) is 0.641. The molecule has 2 rings (SSSR count). The fourth-order valence-electron chi connectivity index (χ4n) is 2.24. The molecule has 24 heavy (non-hydrogen) atoms. The third-order valence-corrected chi connectivity index (χ3v) is 3.35. The van der Waals surface area contributed by atoms with E-state index in [0.29, 0.717) is 11.4 Å². The SMILES string of the molecule is CC(=O)CC(=O)N(CC(O)COc1ccccc1)c1ccccc1. The Labute approximate surface area is 141 Å². The molecule has 0 radical (unpaired) electrons. The number of hydrogen-bond acceptors (Lipinski definition) is 4. The van der Waals surface area contributed by atoms with Gasteiger partial charge in [-0.15, -0.1) is 0 Å². The predicted molar refractivity (Wildman–Crippen MR) is 92.0 cm³/mol. The van der Waals surface area contributed by atoms with Crippen molar-refractivity contribution >= 4 is 17.4 Å². The number of aliphatic hydroxyl groups is 1.